The maximum Gasteiger partial charge on any atom is 0.323 e. The van der Waals surface area contributed by atoms with Gasteiger partial charge in [0.1, 0.15) is 6.54 Å². The summed E-state index contributed by atoms with van der Waals surface area (Å²) in [4.78, 5) is 24.1. The van der Waals surface area contributed by atoms with Gasteiger partial charge in [0.25, 0.3) is 0 Å². The molecule has 0 atom stereocenters. The molecule has 1 amide bonds. The highest BCUT2D eigenvalue weighted by atomic mass is 16.4. The van der Waals surface area contributed by atoms with Gasteiger partial charge in [0.15, 0.2) is 0 Å². The highest BCUT2D eigenvalue weighted by molar-refractivity contribution is 5.83. The lowest BCUT2D eigenvalue weighted by Crippen LogP contribution is -2.51. The minimum absolute atomic E-state index is 0.152. The smallest absolute Gasteiger partial charge is 0.323 e. The average Bonchev–Trinajstić information content (AvgIpc) is 2.95. The molecule has 0 heterocycles. The summed E-state index contributed by atoms with van der Waals surface area (Å²) in [6.45, 7) is 6.36. The number of aliphatic carboxylic acids is 1. The Morgan fingerprint density at radius 1 is 1.35 bits per heavy atom. The van der Waals surface area contributed by atoms with Crippen LogP contribution in [0, 0.1) is 5.92 Å². The predicted molar refractivity (Wildman–Crippen MR) is 64.7 cm³/mol. The normalized spacial score (nSPS) is 15.7. The summed E-state index contributed by atoms with van der Waals surface area (Å²) in [5.74, 6) is -0.415. The zero-order chi connectivity index (χ0) is 13.1. The van der Waals surface area contributed by atoms with E-state index in [-0.39, 0.29) is 19.0 Å². The van der Waals surface area contributed by atoms with Crippen molar-refractivity contribution in [2.75, 3.05) is 19.6 Å². The number of carbonyl (C=O) groups excluding carboxylic acids is 1. The van der Waals surface area contributed by atoms with E-state index >= 15 is 0 Å². The summed E-state index contributed by atoms with van der Waals surface area (Å²) in [6, 6.07) is 0. The molecule has 0 spiro atoms. The first-order chi connectivity index (χ1) is 7.80. The first-order valence-electron chi connectivity index (χ1n) is 6.03. The molecule has 0 aromatic carbocycles. The molecule has 1 rings (SSSR count). The van der Waals surface area contributed by atoms with Crippen LogP contribution in [-0.4, -0.2) is 47.1 Å². The van der Waals surface area contributed by atoms with E-state index in [1.54, 1.807) is 0 Å². The summed E-state index contributed by atoms with van der Waals surface area (Å²) in [7, 11) is 0. The van der Waals surface area contributed by atoms with E-state index < -0.39 is 11.5 Å². The van der Waals surface area contributed by atoms with Gasteiger partial charge >= 0.3 is 5.97 Å². The van der Waals surface area contributed by atoms with Crippen LogP contribution in [0.2, 0.25) is 0 Å². The van der Waals surface area contributed by atoms with Gasteiger partial charge in [0.05, 0.1) is 6.54 Å². The molecule has 98 valence electrons. The molecule has 1 aliphatic rings. The first kappa shape index (κ1) is 14.0. The van der Waals surface area contributed by atoms with Crippen molar-refractivity contribution in [3.63, 3.8) is 0 Å². The molecule has 1 fully saturated rings. The zero-order valence-electron chi connectivity index (χ0n) is 10.8. The Morgan fingerprint density at radius 3 is 2.35 bits per heavy atom. The van der Waals surface area contributed by atoms with Crippen LogP contribution in [-0.2, 0) is 9.59 Å². The van der Waals surface area contributed by atoms with Crippen LogP contribution < -0.4 is 5.32 Å². The fourth-order valence-corrected chi connectivity index (χ4v) is 1.64. The molecule has 5 heteroatoms. The van der Waals surface area contributed by atoms with Gasteiger partial charge in [-0.1, -0.05) is 0 Å². The van der Waals surface area contributed by atoms with Crippen LogP contribution in [0.1, 0.15) is 33.6 Å². The largest absolute Gasteiger partial charge is 0.480 e. The van der Waals surface area contributed by atoms with E-state index in [0.717, 1.165) is 6.54 Å². The summed E-state index contributed by atoms with van der Waals surface area (Å²) < 4.78 is 0. The second-order valence-electron chi connectivity index (χ2n) is 5.62. The number of amides is 1. The van der Waals surface area contributed by atoms with E-state index in [9.17, 15) is 9.59 Å². The lowest BCUT2D eigenvalue weighted by atomic mass is 10.1. The molecule has 1 aliphatic carbocycles. The summed E-state index contributed by atoms with van der Waals surface area (Å²) in [6.07, 6.45) is 2.47. The van der Waals surface area contributed by atoms with Gasteiger partial charge in [0, 0.05) is 5.54 Å². The van der Waals surface area contributed by atoms with E-state index in [2.05, 4.69) is 5.32 Å². The highest BCUT2D eigenvalue weighted by Crippen LogP contribution is 2.27. The Bertz CT molecular complexity index is 293. The van der Waals surface area contributed by atoms with Crippen LogP contribution in [0.5, 0.6) is 0 Å². The second-order valence-corrected chi connectivity index (χ2v) is 5.62. The highest BCUT2D eigenvalue weighted by Gasteiger charge is 2.28. The topological polar surface area (TPSA) is 69.6 Å². The standard InChI is InChI=1S/C12H22N2O3/c1-12(2,3)14(8-11(16)17)10(15)7-13-6-9-4-5-9/h9,13H,4-8H2,1-3H3,(H,16,17). The Morgan fingerprint density at radius 2 is 1.94 bits per heavy atom. The van der Waals surface area contributed by atoms with E-state index in [1.807, 2.05) is 20.8 Å². The van der Waals surface area contributed by atoms with E-state index in [4.69, 9.17) is 5.11 Å². The van der Waals surface area contributed by atoms with Gasteiger partial charge < -0.3 is 15.3 Å². The lowest BCUT2D eigenvalue weighted by Gasteiger charge is -2.34. The number of nitrogens with zero attached hydrogens (tertiary/aromatic N) is 1. The molecule has 5 nitrogen and oxygen atoms in total. The molecular weight excluding hydrogens is 220 g/mol. The third-order valence-electron chi connectivity index (χ3n) is 2.81. The zero-order valence-corrected chi connectivity index (χ0v) is 10.8. The second kappa shape index (κ2) is 5.49. The molecule has 0 aromatic rings. The first-order valence-corrected chi connectivity index (χ1v) is 6.03. The average molecular weight is 242 g/mol. The van der Waals surface area contributed by atoms with Crippen molar-refractivity contribution < 1.29 is 14.7 Å². The van der Waals surface area contributed by atoms with E-state index in [1.165, 1.54) is 17.7 Å². The molecule has 0 bridgehead atoms. The summed E-state index contributed by atoms with van der Waals surface area (Å²) >= 11 is 0. The van der Waals surface area contributed by atoms with Gasteiger partial charge in [0.2, 0.25) is 5.91 Å². The number of carbonyl (C=O) groups is 2. The molecule has 1 saturated carbocycles. The van der Waals surface area contributed by atoms with Crippen molar-refractivity contribution in [3.8, 4) is 0 Å². The van der Waals surface area contributed by atoms with E-state index in [0.29, 0.717) is 5.92 Å². The summed E-state index contributed by atoms with van der Waals surface area (Å²) in [5.41, 5.74) is -0.462. The van der Waals surface area contributed by atoms with Gasteiger partial charge in [-0.3, -0.25) is 9.59 Å². The molecule has 0 radical (unpaired) electrons. The number of carboxylic acid groups (broad SMARTS) is 1. The van der Waals surface area contributed by atoms with Gasteiger partial charge in [-0.25, -0.2) is 0 Å². The van der Waals surface area contributed by atoms with Crippen LogP contribution in [0.15, 0.2) is 0 Å². The maximum atomic E-state index is 11.9. The number of carboxylic acids is 1. The van der Waals surface area contributed by atoms with Crippen LogP contribution >= 0.6 is 0 Å². The van der Waals surface area contributed by atoms with Crippen molar-refractivity contribution in [1.29, 1.82) is 0 Å². The van der Waals surface area contributed by atoms with Crippen LogP contribution in [0.25, 0.3) is 0 Å². The number of hydrogen-bond acceptors (Lipinski definition) is 3. The third-order valence-corrected chi connectivity index (χ3v) is 2.81. The molecular formula is C12H22N2O3. The van der Waals surface area contributed by atoms with Gasteiger partial charge in [-0.05, 0) is 46.1 Å². The minimum atomic E-state index is -0.976. The quantitative estimate of drug-likeness (QED) is 0.719. The van der Waals surface area contributed by atoms with Crippen molar-refractivity contribution >= 4 is 11.9 Å². The van der Waals surface area contributed by atoms with Crippen LogP contribution in [0.3, 0.4) is 0 Å². The van der Waals surface area contributed by atoms with Crippen molar-refractivity contribution in [2.45, 2.75) is 39.2 Å². The Hall–Kier alpha value is -1.10. The number of rotatable bonds is 6. The number of hydrogen-bond donors (Lipinski definition) is 2. The van der Waals surface area contributed by atoms with Gasteiger partial charge in [-0.15, -0.1) is 0 Å². The fraction of sp³-hybridized carbons (Fsp3) is 0.833. The fourth-order valence-electron chi connectivity index (χ4n) is 1.64. The Labute approximate surface area is 102 Å². The molecule has 0 aliphatic heterocycles. The monoisotopic (exact) mass is 242 g/mol. The Balaban J connectivity index is 2.43. The van der Waals surface area contributed by atoms with Crippen molar-refractivity contribution in [3.05, 3.63) is 0 Å². The maximum absolute atomic E-state index is 11.9. The van der Waals surface area contributed by atoms with Crippen molar-refractivity contribution in [1.82, 2.24) is 10.2 Å². The molecule has 17 heavy (non-hydrogen) atoms. The molecule has 0 saturated heterocycles. The van der Waals surface area contributed by atoms with Crippen LogP contribution in [0.4, 0.5) is 0 Å². The summed E-state index contributed by atoms with van der Waals surface area (Å²) in [5, 5.41) is 11.9. The number of nitrogens with one attached hydrogen (secondary N) is 1. The third kappa shape index (κ3) is 5.17. The molecule has 0 unspecified atom stereocenters. The SMILES string of the molecule is CC(C)(C)N(CC(=O)O)C(=O)CNCC1CC1. The lowest BCUT2D eigenvalue weighted by molar-refractivity contribution is -0.147. The molecule has 0 aromatic heterocycles. The minimum Gasteiger partial charge on any atom is -0.480 e. The predicted octanol–water partition coefficient (Wildman–Crippen LogP) is 0.698. The Kier molecular flexibility index (Phi) is 4.51. The van der Waals surface area contributed by atoms with Crippen molar-refractivity contribution in [2.24, 2.45) is 5.92 Å². The molecule has 2 N–H and O–H groups in total. The van der Waals surface area contributed by atoms with Gasteiger partial charge in [-0.2, -0.15) is 0 Å².